The van der Waals surface area contributed by atoms with Gasteiger partial charge in [0.1, 0.15) is 11.4 Å². The minimum atomic E-state index is -0.514. The van der Waals surface area contributed by atoms with Gasteiger partial charge in [-0.15, -0.1) is 0 Å². The molecule has 0 spiro atoms. The maximum Gasteiger partial charge on any atom is 0.293 e. The van der Waals surface area contributed by atoms with Crippen LogP contribution in [0.15, 0.2) is 18.2 Å². The van der Waals surface area contributed by atoms with Crippen LogP contribution in [-0.2, 0) is 9.59 Å². The molecule has 0 N–H and O–H groups in total. The second-order valence-corrected chi connectivity index (χ2v) is 6.19. The zero-order chi connectivity index (χ0) is 16.3. The zero-order valence-electron chi connectivity index (χ0n) is 12.3. The molecule has 0 bridgehead atoms. The first-order chi connectivity index (χ1) is 10.4. The molecule has 1 unspecified atom stereocenters. The van der Waals surface area contributed by atoms with E-state index in [1.165, 1.54) is 48.9 Å². The summed E-state index contributed by atoms with van der Waals surface area (Å²) in [5.41, 5.74) is 0.110. The van der Waals surface area contributed by atoms with Crippen LogP contribution in [0, 0.1) is 16.0 Å². The fraction of sp³-hybridized carbons (Fsp3) is 0.429. The number of nitrogens with zero attached hydrogens (tertiary/aromatic N) is 2. The average Bonchev–Trinajstić information content (AvgIpc) is 2.85. The molecular weight excluding hydrogens is 308 g/mol. The van der Waals surface area contributed by atoms with Gasteiger partial charge in [-0.1, -0.05) is 11.8 Å². The fourth-order valence-corrected chi connectivity index (χ4v) is 3.06. The standard InChI is InChI=1S/C14H16N2O5S/c1-9(17)22-8-10-5-14(18)15(7-10)13-6-11(21-2)3-4-12(13)16(19)20/h3-4,6,10H,5,7-8H2,1-2H3. The molecular formula is C14H16N2O5S. The lowest BCUT2D eigenvalue weighted by Gasteiger charge is -2.17. The van der Waals surface area contributed by atoms with Gasteiger partial charge in [0.15, 0.2) is 5.12 Å². The van der Waals surface area contributed by atoms with Crippen LogP contribution in [0.2, 0.25) is 0 Å². The van der Waals surface area contributed by atoms with E-state index in [0.29, 0.717) is 18.0 Å². The van der Waals surface area contributed by atoms with Crippen LogP contribution in [0.3, 0.4) is 0 Å². The summed E-state index contributed by atoms with van der Waals surface area (Å²) in [7, 11) is 1.46. The molecule has 0 aromatic heterocycles. The van der Waals surface area contributed by atoms with Gasteiger partial charge in [-0.2, -0.15) is 0 Å². The molecule has 1 saturated heterocycles. The Balaban J connectivity index is 2.25. The topological polar surface area (TPSA) is 89.8 Å². The Morgan fingerprint density at radius 1 is 1.55 bits per heavy atom. The summed E-state index contributed by atoms with van der Waals surface area (Å²) in [6.07, 6.45) is 0.286. The van der Waals surface area contributed by atoms with Gasteiger partial charge < -0.3 is 9.64 Å². The Labute approximate surface area is 131 Å². The van der Waals surface area contributed by atoms with Gasteiger partial charge in [0.2, 0.25) is 5.91 Å². The van der Waals surface area contributed by atoms with Crippen molar-refractivity contribution in [1.82, 2.24) is 0 Å². The minimum absolute atomic E-state index is 0.00161. The molecule has 1 amide bonds. The molecule has 118 valence electrons. The summed E-state index contributed by atoms with van der Waals surface area (Å²) >= 11 is 1.17. The Morgan fingerprint density at radius 3 is 2.86 bits per heavy atom. The molecule has 1 aromatic carbocycles. The Hall–Kier alpha value is -2.09. The maximum atomic E-state index is 12.2. The van der Waals surface area contributed by atoms with Gasteiger partial charge in [0.05, 0.1) is 12.0 Å². The van der Waals surface area contributed by atoms with Crippen molar-refractivity contribution >= 4 is 34.2 Å². The number of ether oxygens (including phenoxy) is 1. The first-order valence-corrected chi connectivity index (χ1v) is 7.67. The number of carbonyl (C=O) groups excluding carboxylic acids is 2. The molecule has 22 heavy (non-hydrogen) atoms. The van der Waals surface area contributed by atoms with E-state index in [9.17, 15) is 19.7 Å². The summed E-state index contributed by atoms with van der Waals surface area (Å²) in [4.78, 5) is 35.2. The molecule has 1 aliphatic heterocycles. The lowest BCUT2D eigenvalue weighted by molar-refractivity contribution is -0.384. The number of benzene rings is 1. The first kappa shape index (κ1) is 16.3. The quantitative estimate of drug-likeness (QED) is 0.609. The largest absolute Gasteiger partial charge is 0.497 e. The molecule has 0 saturated carbocycles. The Kier molecular flexibility index (Phi) is 5.02. The van der Waals surface area contributed by atoms with Crippen LogP contribution in [0.4, 0.5) is 11.4 Å². The highest BCUT2D eigenvalue weighted by Crippen LogP contribution is 2.36. The van der Waals surface area contributed by atoms with Crippen molar-refractivity contribution in [3.05, 3.63) is 28.3 Å². The second kappa shape index (κ2) is 6.78. The summed E-state index contributed by atoms with van der Waals surface area (Å²) in [6.45, 7) is 1.85. The van der Waals surface area contributed by atoms with Gasteiger partial charge in [-0.05, 0) is 12.0 Å². The number of rotatable bonds is 5. The minimum Gasteiger partial charge on any atom is -0.497 e. The third-order valence-corrected chi connectivity index (χ3v) is 4.44. The summed E-state index contributed by atoms with van der Waals surface area (Å²) in [6, 6.07) is 4.32. The van der Waals surface area contributed by atoms with Gasteiger partial charge in [0.25, 0.3) is 5.69 Å². The highest BCUT2D eigenvalue weighted by Gasteiger charge is 2.34. The van der Waals surface area contributed by atoms with Crippen LogP contribution in [0.25, 0.3) is 0 Å². The summed E-state index contributed by atoms with van der Waals surface area (Å²) in [5.74, 6) is 0.822. The zero-order valence-corrected chi connectivity index (χ0v) is 13.1. The van der Waals surface area contributed by atoms with Crippen LogP contribution in [-0.4, -0.2) is 35.4 Å². The molecule has 1 aliphatic rings. The lowest BCUT2D eigenvalue weighted by atomic mass is 10.1. The number of carbonyl (C=O) groups is 2. The maximum absolute atomic E-state index is 12.2. The molecule has 0 aliphatic carbocycles. The smallest absolute Gasteiger partial charge is 0.293 e. The van der Waals surface area contributed by atoms with Crippen molar-refractivity contribution in [2.24, 2.45) is 5.92 Å². The van der Waals surface area contributed by atoms with Gasteiger partial charge in [-0.25, -0.2) is 0 Å². The Bertz CT molecular complexity index is 619. The number of amides is 1. The third-order valence-electron chi connectivity index (χ3n) is 3.40. The van der Waals surface area contributed by atoms with Crippen molar-refractivity contribution < 1.29 is 19.2 Å². The molecule has 0 radical (unpaired) electrons. The second-order valence-electron chi connectivity index (χ2n) is 4.99. The number of nitro groups is 1. The van der Waals surface area contributed by atoms with E-state index in [1.807, 2.05) is 0 Å². The molecule has 1 atom stereocenters. The number of nitro benzene ring substituents is 1. The van der Waals surface area contributed by atoms with Crippen molar-refractivity contribution in [2.45, 2.75) is 13.3 Å². The molecule has 1 aromatic rings. The first-order valence-electron chi connectivity index (χ1n) is 6.68. The SMILES string of the molecule is COc1ccc([N+](=O)[O-])c(N2CC(CSC(C)=O)CC2=O)c1. The molecule has 2 rings (SSSR count). The van der Waals surface area contributed by atoms with E-state index in [0.717, 1.165) is 0 Å². The average molecular weight is 324 g/mol. The highest BCUT2D eigenvalue weighted by molar-refractivity contribution is 8.13. The van der Waals surface area contributed by atoms with E-state index in [-0.39, 0.29) is 34.7 Å². The number of hydrogen-bond donors (Lipinski definition) is 0. The predicted octanol–water partition coefficient (Wildman–Crippen LogP) is 2.24. The van der Waals surface area contributed by atoms with E-state index >= 15 is 0 Å². The summed E-state index contributed by atoms with van der Waals surface area (Å²) in [5, 5.41) is 11.2. The van der Waals surface area contributed by atoms with Crippen LogP contribution in [0.5, 0.6) is 5.75 Å². The van der Waals surface area contributed by atoms with E-state index in [1.54, 1.807) is 0 Å². The van der Waals surface area contributed by atoms with Crippen molar-refractivity contribution in [1.29, 1.82) is 0 Å². The van der Waals surface area contributed by atoms with E-state index < -0.39 is 4.92 Å². The van der Waals surface area contributed by atoms with E-state index in [4.69, 9.17) is 4.74 Å². The normalized spacial score (nSPS) is 17.6. The molecule has 7 nitrogen and oxygen atoms in total. The fourth-order valence-electron chi connectivity index (χ4n) is 2.36. The monoisotopic (exact) mass is 324 g/mol. The van der Waals surface area contributed by atoms with Crippen molar-refractivity contribution in [3.8, 4) is 5.75 Å². The van der Waals surface area contributed by atoms with E-state index in [2.05, 4.69) is 0 Å². The predicted molar refractivity (Wildman–Crippen MR) is 83.2 cm³/mol. The van der Waals surface area contributed by atoms with Crippen molar-refractivity contribution in [2.75, 3.05) is 24.3 Å². The molecule has 8 heteroatoms. The van der Waals surface area contributed by atoms with Gasteiger partial charge in [0, 0.05) is 37.8 Å². The molecule has 1 heterocycles. The lowest BCUT2D eigenvalue weighted by Crippen LogP contribution is -2.25. The number of anilines is 1. The number of hydrogen-bond acceptors (Lipinski definition) is 6. The van der Waals surface area contributed by atoms with Crippen LogP contribution >= 0.6 is 11.8 Å². The van der Waals surface area contributed by atoms with Crippen LogP contribution < -0.4 is 9.64 Å². The Morgan fingerprint density at radius 2 is 2.27 bits per heavy atom. The van der Waals surface area contributed by atoms with Crippen LogP contribution in [0.1, 0.15) is 13.3 Å². The van der Waals surface area contributed by atoms with Crippen molar-refractivity contribution in [3.63, 3.8) is 0 Å². The number of thioether (sulfide) groups is 1. The molecule has 1 fully saturated rings. The number of methoxy groups -OCH3 is 1. The summed E-state index contributed by atoms with van der Waals surface area (Å²) < 4.78 is 5.08. The van der Waals surface area contributed by atoms with Gasteiger partial charge in [-0.3, -0.25) is 19.7 Å². The highest BCUT2D eigenvalue weighted by atomic mass is 32.2. The third kappa shape index (κ3) is 3.56. The van der Waals surface area contributed by atoms with Gasteiger partial charge >= 0.3 is 0 Å².